The van der Waals surface area contributed by atoms with Crippen LogP contribution in [0, 0.1) is 0 Å². The highest BCUT2D eigenvalue weighted by molar-refractivity contribution is 7.80. The van der Waals surface area contributed by atoms with Gasteiger partial charge in [-0.15, -0.1) is 0 Å². The summed E-state index contributed by atoms with van der Waals surface area (Å²) in [6.07, 6.45) is 20.9. The smallest absolute Gasteiger partial charge is 0.162 e. The number of ether oxygens (including phenoxy) is 3. The van der Waals surface area contributed by atoms with Gasteiger partial charge in [0.05, 0.1) is 6.61 Å². The van der Waals surface area contributed by atoms with Gasteiger partial charge in [0, 0.05) is 12.8 Å². The molecular weight excluding hydrogens is 504 g/mol. The standard InChI is InChI=1S/C30H56O5S2/c1-3-5-7-9-11-13-15-17-19-21-27(36)33-24-26(30-29(32)25(31)23-34-30)35-28(37)22-20-18-16-14-12-10-8-6-4-2/h25-26,29-32H,3-24H2,1-2H3/t25-,26+,29-,30-/m1/s1. The molecule has 0 aliphatic carbocycles. The summed E-state index contributed by atoms with van der Waals surface area (Å²) in [4.78, 5) is 0. The van der Waals surface area contributed by atoms with Crippen molar-refractivity contribution in [3.63, 3.8) is 0 Å². The number of aliphatic hydroxyl groups is 2. The monoisotopic (exact) mass is 560 g/mol. The lowest BCUT2D eigenvalue weighted by Gasteiger charge is -2.27. The molecule has 0 spiro atoms. The van der Waals surface area contributed by atoms with Gasteiger partial charge < -0.3 is 24.4 Å². The lowest BCUT2D eigenvalue weighted by Crippen LogP contribution is -2.43. The molecule has 1 heterocycles. The first-order chi connectivity index (χ1) is 18.0. The predicted molar refractivity (Wildman–Crippen MR) is 161 cm³/mol. The number of hydrogen-bond acceptors (Lipinski definition) is 7. The van der Waals surface area contributed by atoms with Gasteiger partial charge >= 0.3 is 0 Å². The Morgan fingerprint density at radius 3 is 1.57 bits per heavy atom. The summed E-state index contributed by atoms with van der Waals surface area (Å²) in [6, 6.07) is 0. The van der Waals surface area contributed by atoms with Crippen LogP contribution in [0.3, 0.4) is 0 Å². The van der Waals surface area contributed by atoms with Gasteiger partial charge in [-0.05, 0) is 37.3 Å². The zero-order valence-electron chi connectivity index (χ0n) is 23.8. The van der Waals surface area contributed by atoms with Crippen LogP contribution >= 0.6 is 24.4 Å². The largest absolute Gasteiger partial charge is 0.483 e. The lowest BCUT2D eigenvalue weighted by atomic mass is 10.1. The number of hydrogen-bond donors (Lipinski definition) is 2. The highest BCUT2D eigenvalue weighted by atomic mass is 32.1. The maximum Gasteiger partial charge on any atom is 0.162 e. The van der Waals surface area contributed by atoms with Crippen molar-refractivity contribution in [2.75, 3.05) is 13.2 Å². The van der Waals surface area contributed by atoms with Crippen molar-refractivity contribution in [3.05, 3.63) is 0 Å². The van der Waals surface area contributed by atoms with E-state index in [9.17, 15) is 10.2 Å². The molecule has 0 unspecified atom stereocenters. The van der Waals surface area contributed by atoms with E-state index in [1.165, 1.54) is 89.9 Å². The van der Waals surface area contributed by atoms with E-state index in [1.54, 1.807) is 0 Å². The molecule has 2 N–H and O–H groups in total. The van der Waals surface area contributed by atoms with Gasteiger partial charge in [0.2, 0.25) is 0 Å². The number of thiocarbonyl (C=S) groups is 2. The first-order valence-electron chi connectivity index (χ1n) is 15.3. The van der Waals surface area contributed by atoms with Gasteiger partial charge in [-0.3, -0.25) is 0 Å². The van der Waals surface area contributed by atoms with Crippen molar-refractivity contribution in [2.24, 2.45) is 0 Å². The van der Waals surface area contributed by atoms with Crippen LogP contribution < -0.4 is 0 Å². The molecule has 1 aliphatic heterocycles. The second-order valence-corrected chi connectivity index (χ2v) is 11.6. The zero-order chi connectivity index (χ0) is 27.1. The van der Waals surface area contributed by atoms with Crippen LogP contribution in [0.1, 0.15) is 142 Å². The second kappa shape index (κ2) is 23.5. The van der Waals surface area contributed by atoms with Crippen LogP contribution in [0.25, 0.3) is 0 Å². The van der Waals surface area contributed by atoms with Gasteiger partial charge in [0.1, 0.15) is 24.9 Å². The molecule has 4 atom stereocenters. The van der Waals surface area contributed by atoms with Gasteiger partial charge in [-0.2, -0.15) is 0 Å². The maximum atomic E-state index is 10.4. The van der Waals surface area contributed by atoms with E-state index in [0.29, 0.717) is 16.5 Å². The molecular formula is C30H56O5S2. The van der Waals surface area contributed by atoms with Crippen molar-refractivity contribution >= 4 is 34.5 Å². The van der Waals surface area contributed by atoms with E-state index in [4.69, 9.17) is 38.6 Å². The summed E-state index contributed by atoms with van der Waals surface area (Å²) in [7, 11) is 0. The van der Waals surface area contributed by atoms with Crippen molar-refractivity contribution in [2.45, 2.75) is 167 Å². The average Bonchev–Trinajstić information content (AvgIpc) is 3.22. The van der Waals surface area contributed by atoms with E-state index < -0.39 is 24.4 Å². The van der Waals surface area contributed by atoms with Crippen LogP contribution in [-0.2, 0) is 14.2 Å². The lowest BCUT2D eigenvalue weighted by molar-refractivity contribution is -0.0600. The predicted octanol–water partition coefficient (Wildman–Crippen LogP) is 8.01. The third-order valence-corrected chi connectivity index (χ3v) is 7.84. The molecule has 1 fully saturated rings. The molecule has 0 bridgehead atoms. The van der Waals surface area contributed by atoms with Crippen molar-refractivity contribution in [1.82, 2.24) is 0 Å². The molecule has 0 amide bonds. The SMILES string of the molecule is CCCCCCCCCCCC(=S)OC[C@H](OC(=S)CCCCCCCCCCC)[C@H]1OC[C@@H](O)[C@H]1O. The molecule has 218 valence electrons. The zero-order valence-corrected chi connectivity index (χ0v) is 25.4. The summed E-state index contributed by atoms with van der Waals surface area (Å²) < 4.78 is 17.5. The molecule has 37 heavy (non-hydrogen) atoms. The Balaban J connectivity index is 2.27. The fourth-order valence-electron chi connectivity index (χ4n) is 4.78. The fraction of sp³-hybridized carbons (Fsp3) is 0.933. The minimum absolute atomic E-state index is 0.0829. The van der Waals surface area contributed by atoms with Gasteiger partial charge in [-0.1, -0.05) is 117 Å². The van der Waals surface area contributed by atoms with Crippen molar-refractivity contribution < 1.29 is 24.4 Å². The quantitative estimate of drug-likeness (QED) is 0.0915. The maximum absolute atomic E-state index is 10.4. The fourth-order valence-corrected chi connectivity index (χ4v) is 5.26. The third-order valence-electron chi connectivity index (χ3n) is 7.22. The van der Waals surface area contributed by atoms with Crippen LogP contribution in [0.2, 0.25) is 0 Å². The summed E-state index contributed by atoms with van der Waals surface area (Å²) in [5, 5.41) is 21.4. The van der Waals surface area contributed by atoms with Crippen LogP contribution in [-0.4, -0.2) is 57.9 Å². The topological polar surface area (TPSA) is 68.2 Å². The summed E-state index contributed by atoms with van der Waals surface area (Å²) in [5.41, 5.74) is 0. The Kier molecular flexibility index (Phi) is 22.1. The Hall–Kier alpha value is -0.340. The van der Waals surface area contributed by atoms with E-state index in [0.717, 1.165) is 32.1 Å². The molecule has 0 aromatic carbocycles. The Morgan fingerprint density at radius 2 is 1.14 bits per heavy atom. The second-order valence-electron chi connectivity index (χ2n) is 10.7. The van der Waals surface area contributed by atoms with Gasteiger partial charge in [-0.25, -0.2) is 0 Å². The van der Waals surface area contributed by atoms with Crippen LogP contribution in [0.15, 0.2) is 0 Å². The van der Waals surface area contributed by atoms with E-state index in [-0.39, 0.29) is 13.2 Å². The molecule has 5 nitrogen and oxygen atoms in total. The molecule has 0 radical (unpaired) electrons. The number of aliphatic hydroxyl groups excluding tert-OH is 2. The molecule has 0 aromatic heterocycles. The minimum atomic E-state index is -1.02. The first kappa shape index (κ1) is 34.7. The molecule has 0 saturated carbocycles. The first-order valence-corrected chi connectivity index (χ1v) is 16.1. The molecule has 1 saturated heterocycles. The summed E-state index contributed by atoms with van der Waals surface area (Å²) in [5.74, 6) is 0. The summed E-state index contributed by atoms with van der Waals surface area (Å²) >= 11 is 10.9. The molecule has 7 heteroatoms. The van der Waals surface area contributed by atoms with Gasteiger partial charge in [0.15, 0.2) is 16.2 Å². The Labute approximate surface area is 238 Å². The van der Waals surface area contributed by atoms with Crippen molar-refractivity contribution in [3.8, 4) is 0 Å². The summed E-state index contributed by atoms with van der Waals surface area (Å²) in [6.45, 7) is 4.75. The third kappa shape index (κ3) is 17.8. The van der Waals surface area contributed by atoms with E-state index in [1.807, 2.05) is 0 Å². The number of rotatable bonds is 24. The van der Waals surface area contributed by atoms with E-state index in [2.05, 4.69) is 13.8 Å². The van der Waals surface area contributed by atoms with Crippen molar-refractivity contribution in [1.29, 1.82) is 0 Å². The Morgan fingerprint density at radius 1 is 0.703 bits per heavy atom. The number of unbranched alkanes of at least 4 members (excludes halogenated alkanes) is 16. The molecule has 1 rings (SSSR count). The normalized spacial score (nSPS) is 20.2. The highest BCUT2D eigenvalue weighted by Gasteiger charge is 2.41. The average molecular weight is 561 g/mol. The minimum Gasteiger partial charge on any atom is -0.483 e. The highest BCUT2D eigenvalue weighted by Crippen LogP contribution is 2.22. The van der Waals surface area contributed by atoms with E-state index >= 15 is 0 Å². The van der Waals surface area contributed by atoms with Crippen LogP contribution in [0.5, 0.6) is 0 Å². The Bertz CT molecular complexity index is 574. The molecule has 1 aliphatic rings. The van der Waals surface area contributed by atoms with Gasteiger partial charge in [0.25, 0.3) is 0 Å². The molecule has 0 aromatic rings. The van der Waals surface area contributed by atoms with Crippen LogP contribution in [0.4, 0.5) is 0 Å².